The summed E-state index contributed by atoms with van der Waals surface area (Å²) >= 11 is 0. The van der Waals surface area contributed by atoms with Crippen LogP contribution in [0.4, 0.5) is 4.39 Å². The number of allylic oxidation sites excluding steroid dienone is 2. The predicted molar refractivity (Wildman–Crippen MR) is 104 cm³/mol. The molecule has 4 nitrogen and oxygen atoms in total. The van der Waals surface area contributed by atoms with Crippen molar-refractivity contribution >= 4 is 5.97 Å². The van der Waals surface area contributed by atoms with Crippen molar-refractivity contribution in [3.8, 4) is 0 Å². The Bertz CT molecular complexity index is 448. The molecule has 27 heavy (non-hydrogen) atoms. The van der Waals surface area contributed by atoms with Crippen LogP contribution in [0, 0.1) is 11.8 Å². The molecule has 0 bridgehead atoms. The lowest BCUT2D eigenvalue weighted by Gasteiger charge is -2.29. The first-order valence-corrected chi connectivity index (χ1v) is 10.9. The van der Waals surface area contributed by atoms with Gasteiger partial charge in [0.2, 0.25) is 0 Å². The van der Waals surface area contributed by atoms with Crippen LogP contribution in [0.5, 0.6) is 0 Å². The second-order valence-corrected chi connectivity index (χ2v) is 7.78. The lowest BCUT2D eigenvalue weighted by molar-refractivity contribution is -0.195. The fraction of sp³-hybridized carbons (Fsp3) is 0.864. The van der Waals surface area contributed by atoms with Crippen molar-refractivity contribution in [2.75, 3.05) is 13.2 Å². The highest BCUT2D eigenvalue weighted by Gasteiger charge is 2.43. The summed E-state index contributed by atoms with van der Waals surface area (Å²) in [5.41, 5.74) is 0. The summed E-state index contributed by atoms with van der Waals surface area (Å²) in [4.78, 5) is 11.5. The van der Waals surface area contributed by atoms with Crippen molar-refractivity contribution in [3.05, 3.63) is 12.2 Å². The maximum absolute atomic E-state index is 14.5. The normalized spacial score (nSPS) is 31.4. The standard InChI is InChI=1S/C22H37FO4/c1-3-14-25-21(24)12-8-6-5-7-11-18-17(4-2)19(23)16-20(18)27-22-13-9-10-15-26-22/h5,7,17-20,22H,3-4,6,8-16H2,1-2H3/b7-5-/t17-,18-,19+,20+,22?/m1/s1. The molecule has 2 aliphatic rings. The van der Waals surface area contributed by atoms with Gasteiger partial charge < -0.3 is 14.2 Å². The largest absolute Gasteiger partial charge is 0.466 e. The lowest BCUT2D eigenvalue weighted by atomic mass is 9.88. The summed E-state index contributed by atoms with van der Waals surface area (Å²) in [5.74, 6) is 0.155. The number of halogens is 1. The van der Waals surface area contributed by atoms with E-state index < -0.39 is 6.17 Å². The molecule has 0 aromatic carbocycles. The molecular formula is C22H37FO4. The Hall–Kier alpha value is -0.940. The zero-order valence-corrected chi connectivity index (χ0v) is 17.0. The van der Waals surface area contributed by atoms with Crippen LogP contribution < -0.4 is 0 Å². The molecule has 0 amide bonds. The van der Waals surface area contributed by atoms with Crippen LogP contribution in [0.1, 0.15) is 78.1 Å². The Balaban J connectivity index is 1.75. The topological polar surface area (TPSA) is 44.8 Å². The number of hydrogen-bond acceptors (Lipinski definition) is 4. The van der Waals surface area contributed by atoms with Crippen LogP contribution in [-0.4, -0.2) is 37.7 Å². The van der Waals surface area contributed by atoms with Crippen molar-refractivity contribution in [2.45, 2.75) is 96.6 Å². The monoisotopic (exact) mass is 384 g/mol. The van der Waals surface area contributed by atoms with Crippen LogP contribution in [-0.2, 0) is 19.0 Å². The molecule has 1 aliphatic carbocycles. The van der Waals surface area contributed by atoms with Crippen LogP contribution in [0.3, 0.4) is 0 Å². The Labute approximate surface area is 163 Å². The smallest absolute Gasteiger partial charge is 0.305 e. The van der Waals surface area contributed by atoms with E-state index in [0.717, 1.165) is 58.0 Å². The molecule has 1 unspecified atom stereocenters. The third kappa shape index (κ3) is 7.53. The van der Waals surface area contributed by atoms with E-state index >= 15 is 0 Å². The van der Waals surface area contributed by atoms with E-state index in [1.807, 2.05) is 6.92 Å². The average molecular weight is 385 g/mol. The quantitative estimate of drug-likeness (QED) is 0.274. The van der Waals surface area contributed by atoms with Crippen molar-refractivity contribution < 1.29 is 23.4 Å². The zero-order chi connectivity index (χ0) is 19.5. The number of hydrogen-bond donors (Lipinski definition) is 0. The van der Waals surface area contributed by atoms with E-state index in [2.05, 4.69) is 19.1 Å². The maximum atomic E-state index is 14.5. The Morgan fingerprint density at radius 1 is 1.22 bits per heavy atom. The lowest BCUT2D eigenvalue weighted by Crippen LogP contribution is -2.31. The number of carbonyl (C=O) groups is 1. The van der Waals surface area contributed by atoms with Crippen LogP contribution in [0.15, 0.2) is 12.2 Å². The fourth-order valence-corrected chi connectivity index (χ4v) is 4.19. The Morgan fingerprint density at radius 2 is 2.07 bits per heavy atom. The van der Waals surface area contributed by atoms with E-state index in [1.165, 1.54) is 0 Å². The highest BCUT2D eigenvalue weighted by molar-refractivity contribution is 5.69. The van der Waals surface area contributed by atoms with Gasteiger partial charge in [-0.15, -0.1) is 0 Å². The first-order valence-electron chi connectivity index (χ1n) is 10.9. The van der Waals surface area contributed by atoms with Gasteiger partial charge in [0.1, 0.15) is 6.17 Å². The second kappa shape index (κ2) is 12.5. The van der Waals surface area contributed by atoms with Crippen molar-refractivity contribution in [1.82, 2.24) is 0 Å². The van der Waals surface area contributed by atoms with E-state index in [1.54, 1.807) is 0 Å². The van der Waals surface area contributed by atoms with Gasteiger partial charge in [-0.3, -0.25) is 4.79 Å². The maximum Gasteiger partial charge on any atom is 0.305 e. The molecule has 0 aromatic rings. The predicted octanol–water partition coefficient (Wildman–Crippen LogP) is 5.35. The molecule has 5 atom stereocenters. The Kier molecular flexibility index (Phi) is 10.4. The zero-order valence-electron chi connectivity index (χ0n) is 17.0. The molecule has 2 fully saturated rings. The molecule has 1 saturated carbocycles. The minimum absolute atomic E-state index is 0.0540. The van der Waals surface area contributed by atoms with Gasteiger partial charge in [-0.1, -0.05) is 32.4 Å². The molecule has 2 rings (SSSR count). The van der Waals surface area contributed by atoms with Gasteiger partial charge in [0.05, 0.1) is 12.7 Å². The summed E-state index contributed by atoms with van der Waals surface area (Å²) in [6.07, 6.45) is 11.5. The first kappa shape index (κ1) is 22.4. The molecule has 1 aliphatic heterocycles. The van der Waals surface area contributed by atoms with Crippen molar-refractivity contribution in [2.24, 2.45) is 11.8 Å². The van der Waals surface area contributed by atoms with Gasteiger partial charge in [-0.25, -0.2) is 4.39 Å². The third-order valence-corrected chi connectivity index (χ3v) is 5.68. The van der Waals surface area contributed by atoms with E-state index in [9.17, 15) is 9.18 Å². The van der Waals surface area contributed by atoms with E-state index in [-0.39, 0.29) is 30.2 Å². The SMILES string of the molecule is CCCOC(=O)CCC/C=C\C[C@@H]1[C@@H](CC)[C@@H](F)C[C@@H]1OC1CCCCO1. The molecular weight excluding hydrogens is 347 g/mol. The second-order valence-electron chi connectivity index (χ2n) is 7.78. The summed E-state index contributed by atoms with van der Waals surface area (Å²) in [6, 6.07) is 0. The third-order valence-electron chi connectivity index (χ3n) is 5.68. The van der Waals surface area contributed by atoms with Crippen LogP contribution in [0.2, 0.25) is 0 Å². The van der Waals surface area contributed by atoms with Crippen LogP contribution in [0.25, 0.3) is 0 Å². The highest BCUT2D eigenvalue weighted by Crippen LogP contribution is 2.41. The number of esters is 1. The highest BCUT2D eigenvalue weighted by atomic mass is 19.1. The van der Waals surface area contributed by atoms with Crippen molar-refractivity contribution in [1.29, 1.82) is 0 Å². The summed E-state index contributed by atoms with van der Waals surface area (Å²) in [6.45, 7) is 5.31. The van der Waals surface area contributed by atoms with Gasteiger partial charge in [0.25, 0.3) is 0 Å². The fourth-order valence-electron chi connectivity index (χ4n) is 4.19. The number of ether oxygens (including phenoxy) is 3. The number of carbonyl (C=O) groups excluding carboxylic acids is 1. The summed E-state index contributed by atoms with van der Waals surface area (Å²) < 4.78 is 31.4. The molecule has 5 heteroatoms. The van der Waals surface area contributed by atoms with Gasteiger partial charge in [-0.2, -0.15) is 0 Å². The number of unbranched alkanes of at least 4 members (excludes halogenated alkanes) is 1. The van der Waals surface area contributed by atoms with Crippen molar-refractivity contribution in [3.63, 3.8) is 0 Å². The summed E-state index contributed by atoms with van der Waals surface area (Å²) in [7, 11) is 0. The molecule has 0 radical (unpaired) electrons. The number of alkyl halides is 1. The minimum atomic E-state index is -0.782. The number of rotatable bonds is 11. The van der Waals surface area contributed by atoms with E-state index in [4.69, 9.17) is 14.2 Å². The van der Waals surface area contributed by atoms with Gasteiger partial charge >= 0.3 is 5.97 Å². The minimum Gasteiger partial charge on any atom is -0.466 e. The van der Waals surface area contributed by atoms with Crippen LogP contribution >= 0.6 is 0 Å². The molecule has 0 N–H and O–H groups in total. The van der Waals surface area contributed by atoms with Gasteiger partial charge in [0, 0.05) is 19.4 Å². The molecule has 0 spiro atoms. The first-order chi connectivity index (χ1) is 13.2. The average Bonchev–Trinajstić information content (AvgIpc) is 2.97. The van der Waals surface area contributed by atoms with E-state index in [0.29, 0.717) is 19.4 Å². The molecule has 1 heterocycles. The van der Waals surface area contributed by atoms with Gasteiger partial charge in [0.15, 0.2) is 6.29 Å². The molecule has 156 valence electrons. The Morgan fingerprint density at radius 3 is 2.78 bits per heavy atom. The molecule has 0 aromatic heterocycles. The molecule has 1 saturated heterocycles. The summed E-state index contributed by atoms with van der Waals surface area (Å²) in [5, 5.41) is 0. The van der Waals surface area contributed by atoms with Gasteiger partial charge in [-0.05, 0) is 56.8 Å².